The summed E-state index contributed by atoms with van der Waals surface area (Å²) in [5.41, 5.74) is 2.35. The smallest absolute Gasteiger partial charge is 0.293 e. The van der Waals surface area contributed by atoms with Gasteiger partial charge in [-0.2, -0.15) is 0 Å². The van der Waals surface area contributed by atoms with Crippen molar-refractivity contribution in [1.82, 2.24) is 5.32 Å². The van der Waals surface area contributed by atoms with Gasteiger partial charge in [0.1, 0.15) is 11.5 Å². The van der Waals surface area contributed by atoms with Crippen LogP contribution in [0.1, 0.15) is 21.7 Å². The van der Waals surface area contributed by atoms with Gasteiger partial charge in [0.25, 0.3) is 11.6 Å². The summed E-state index contributed by atoms with van der Waals surface area (Å²) in [4.78, 5) is 23.0. The first-order chi connectivity index (χ1) is 13.8. The monoisotopic (exact) mass is 411 g/mol. The number of carbonyl (C=O) groups is 1. The van der Waals surface area contributed by atoms with Gasteiger partial charge < -0.3 is 14.8 Å². The van der Waals surface area contributed by atoms with Crippen LogP contribution >= 0.6 is 12.2 Å². The number of nitro benzene ring substituents is 1. The Morgan fingerprint density at radius 2 is 1.83 bits per heavy atom. The van der Waals surface area contributed by atoms with Crippen LogP contribution in [0.2, 0.25) is 0 Å². The van der Waals surface area contributed by atoms with E-state index in [1.54, 1.807) is 24.3 Å². The molecule has 0 spiro atoms. The van der Waals surface area contributed by atoms with Crippen molar-refractivity contribution < 1.29 is 19.2 Å². The van der Waals surface area contributed by atoms with Crippen LogP contribution in [-0.2, 0) is 0 Å². The van der Waals surface area contributed by atoms with E-state index in [4.69, 9.17) is 16.6 Å². The summed E-state index contributed by atoms with van der Waals surface area (Å²) in [6, 6.07) is 12.3. The van der Waals surface area contributed by atoms with E-state index in [2.05, 4.69) is 10.6 Å². The fourth-order valence-electron chi connectivity index (χ4n) is 2.67. The fourth-order valence-corrected chi connectivity index (χ4v) is 2.87. The average molecular weight is 411 g/mol. The summed E-state index contributed by atoms with van der Waals surface area (Å²) in [7, 11) is 0. The first kappa shape index (κ1) is 20.0. The Labute approximate surface area is 171 Å². The lowest BCUT2D eigenvalue weighted by atomic mass is 10.1. The Kier molecular flexibility index (Phi) is 5.60. The largest absolute Gasteiger partial charge is 0.506 e. The first-order valence-corrected chi connectivity index (χ1v) is 8.93. The molecule has 2 aromatic carbocycles. The molecular formula is C20H17N3O5S. The molecule has 0 atom stereocenters. The summed E-state index contributed by atoms with van der Waals surface area (Å²) in [5.74, 6) is -0.503. The summed E-state index contributed by atoms with van der Waals surface area (Å²) >= 11 is 5.12. The number of nitrogens with zero attached hydrogens (tertiary/aromatic N) is 1. The number of nitro groups is 1. The Morgan fingerprint density at radius 3 is 2.55 bits per heavy atom. The van der Waals surface area contributed by atoms with Gasteiger partial charge >= 0.3 is 0 Å². The van der Waals surface area contributed by atoms with Gasteiger partial charge in [-0.05, 0) is 67.5 Å². The summed E-state index contributed by atoms with van der Waals surface area (Å²) in [6.07, 6.45) is 0. The molecule has 3 aromatic rings. The number of hydrogen-bond donors (Lipinski definition) is 3. The zero-order chi connectivity index (χ0) is 21.1. The lowest BCUT2D eigenvalue weighted by Gasteiger charge is -2.12. The molecule has 0 saturated heterocycles. The third kappa shape index (κ3) is 4.41. The fraction of sp³-hybridized carbons (Fsp3) is 0.100. The maximum atomic E-state index is 12.4. The quantitative estimate of drug-likeness (QED) is 0.253. The van der Waals surface area contributed by atoms with E-state index < -0.39 is 10.8 Å². The SMILES string of the molecule is Cc1cc(O)c(NC(=S)NC(=O)c2ccc(-c3ccccc3[N+](=O)[O-])o2)cc1C. The number of anilines is 1. The van der Waals surface area contributed by atoms with Gasteiger partial charge in [0.2, 0.25) is 0 Å². The van der Waals surface area contributed by atoms with Crippen LogP contribution in [0.15, 0.2) is 52.9 Å². The van der Waals surface area contributed by atoms with Crippen LogP contribution < -0.4 is 10.6 Å². The van der Waals surface area contributed by atoms with Crippen LogP contribution in [0.5, 0.6) is 5.75 Å². The number of phenols is 1. The predicted molar refractivity (Wildman–Crippen MR) is 112 cm³/mol. The van der Waals surface area contributed by atoms with Gasteiger partial charge in [-0.15, -0.1) is 0 Å². The van der Waals surface area contributed by atoms with Crippen LogP contribution in [0, 0.1) is 24.0 Å². The third-order valence-electron chi connectivity index (χ3n) is 4.28. The number of aromatic hydroxyl groups is 1. The lowest BCUT2D eigenvalue weighted by Crippen LogP contribution is -2.33. The van der Waals surface area contributed by atoms with E-state index in [1.807, 2.05) is 13.8 Å². The van der Waals surface area contributed by atoms with Crippen molar-refractivity contribution >= 4 is 34.6 Å². The van der Waals surface area contributed by atoms with Gasteiger partial charge in [-0.25, -0.2) is 0 Å². The van der Waals surface area contributed by atoms with E-state index in [0.29, 0.717) is 5.69 Å². The molecule has 0 aliphatic carbocycles. The normalized spacial score (nSPS) is 10.4. The zero-order valence-corrected chi connectivity index (χ0v) is 16.4. The topological polar surface area (TPSA) is 118 Å². The average Bonchev–Trinajstić information content (AvgIpc) is 3.16. The Balaban J connectivity index is 1.73. The van der Waals surface area contributed by atoms with Crippen molar-refractivity contribution in [2.75, 3.05) is 5.32 Å². The second-order valence-electron chi connectivity index (χ2n) is 6.30. The molecule has 0 aliphatic heterocycles. The van der Waals surface area contributed by atoms with E-state index in [1.165, 1.54) is 24.3 Å². The minimum atomic E-state index is -0.629. The molecule has 3 rings (SSSR count). The van der Waals surface area contributed by atoms with E-state index in [-0.39, 0.29) is 33.6 Å². The number of para-hydroxylation sites is 1. The number of thiocarbonyl (C=S) groups is 1. The molecule has 0 fully saturated rings. The molecule has 1 amide bonds. The number of carbonyl (C=O) groups excluding carboxylic acids is 1. The highest BCUT2D eigenvalue weighted by Crippen LogP contribution is 2.31. The Hall–Kier alpha value is -3.72. The van der Waals surface area contributed by atoms with Gasteiger partial charge in [-0.3, -0.25) is 20.2 Å². The lowest BCUT2D eigenvalue weighted by molar-refractivity contribution is -0.384. The van der Waals surface area contributed by atoms with Crippen LogP contribution in [0.25, 0.3) is 11.3 Å². The van der Waals surface area contributed by atoms with Gasteiger partial charge in [0.05, 0.1) is 16.2 Å². The van der Waals surface area contributed by atoms with Crippen molar-refractivity contribution in [1.29, 1.82) is 0 Å². The molecule has 8 nitrogen and oxygen atoms in total. The number of benzene rings is 2. The van der Waals surface area contributed by atoms with Gasteiger partial charge in [-0.1, -0.05) is 12.1 Å². The number of aryl methyl sites for hydroxylation is 2. The van der Waals surface area contributed by atoms with Crippen LogP contribution in [0.4, 0.5) is 11.4 Å². The molecule has 3 N–H and O–H groups in total. The number of amides is 1. The molecule has 0 saturated carbocycles. The number of rotatable bonds is 4. The van der Waals surface area contributed by atoms with E-state index in [9.17, 15) is 20.0 Å². The number of nitrogens with one attached hydrogen (secondary N) is 2. The minimum absolute atomic E-state index is 0.00127. The summed E-state index contributed by atoms with van der Waals surface area (Å²) in [5, 5.41) is 26.4. The van der Waals surface area contributed by atoms with Gasteiger partial charge in [0, 0.05) is 6.07 Å². The number of furan rings is 1. The molecule has 0 radical (unpaired) electrons. The van der Waals surface area contributed by atoms with Crippen molar-refractivity contribution in [3.05, 3.63) is 75.5 Å². The first-order valence-electron chi connectivity index (χ1n) is 8.52. The van der Waals surface area contributed by atoms with E-state index in [0.717, 1.165) is 11.1 Å². The molecule has 148 valence electrons. The maximum Gasteiger partial charge on any atom is 0.293 e. The standard InChI is InChI=1S/C20H17N3O5S/c1-11-9-14(16(24)10-12(11)2)21-20(29)22-19(25)18-8-7-17(28-18)13-5-3-4-6-15(13)23(26)27/h3-10,24H,1-2H3,(H2,21,22,25,29). The van der Waals surface area contributed by atoms with Crippen LogP contribution in [0.3, 0.4) is 0 Å². The van der Waals surface area contributed by atoms with Crippen molar-refractivity contribution in [2.45, 2.75) is 13.8 Å². The van der Waals surface area contributed by atoms with Crippen molar-refractivity contribution in [3.8, 4) is 17.1 Å². The Bertz CT molecular complexity index is 1120. The summed E-state index contributed by atoms with van der Waals surface area (Å²) < 4.78 is 5.48. The third-order valence-corrected chi connectivity index (χ3v) is 4.49. The number of hydrogen-bond acceptors (Lipinski definition) is 6. The summed E-state index contributed by atoms with van der Waals surface area (Å²) in [6.45, 7) is 3.75. The molecule has 29 heavy (non-hydrogen) atoms. The molecule has 0 aliphatic rings. The second-order valence-corrected chi connectivity index (χ2v) is 6.71. The van der Waals surface area contributed by atoms with Crippen molar-refractivity contribution in [2.24, 2.45) is 0 Å². The predicted octanol–water partition coefficient (Wildman–Crippen LogP) is 4.30. The minimum Gasteiger partial charge on any atom is -0.506 e. The van der Waals surface area contributed by atoms with Gasteiger partial charge in [0.15, 0.2) is 10.9 Å². The molecule has 0 unspecified atom stereocenters. The molecule has 9 heteroatoms. The number of phenolic OH excluding ortho intramolecular Hbond substituents is 1. The molecular weight excluding hydrogens is 394 g/mol. The second kappa shape index (κ2) is 8.11. The molecule has 1 heterocycles. The highest BCUT2D eigenvalue weighted by Gasteiger charge is 2.20. The highest BCUT2D eigenvalue weighted by molar-refractivity contribution is 7.80. The van der Waals surface area contributed by atoms with Crippen LogP contribution in [-0.4, -0.2) is 21.0 Å². The van der Waals surface area contributed by atoms with Crippen molar-refractivity contribution in [3.63, 3.8) is 0 Å². The zero-order valence-electron chi connectivity index (χ0n) is 15.6. The molecule has 1 aromatic heterocycles. The Morgan fingerprint density at radius 1 is 1.14 bits per heavy atom. The molecule has 0 bridgehead atoms. The highest BCUT2D eigenvalue weighted by atomic mass is 32.1. The maximum absolute atomic E-state index is 12.4. The van der Waals surface area contributed by atoms with E-state index >= 15 is 0 Å².